The standard InChI is InChI=1S/C30H50N4O2/c1-7-31(8-2)29(35)27-13-11-19-33(23(27)5)21-25-15-17-26(18-16-25)22-34-20-12-14-28(24(34)6)30(36)32(9-3)10-4/h15-18,23-24,27-28H,7-14,19-22H2,1-6H3. The van der Waals surface area contributed by atoms with E-state index in [4.69, 9.17) is 0 Å². The number of amides is 2. The van der Waals surface area contributed by atoms with Gasteiger partial charge in [0.05, 0.1) is 11.8 Å². The van der Waals surface area contributed by atoms with Crippen LogP contribution in [0.3, 0.4) is 0 Å². The predicted octanol–water partition coefficient (Wildman–Crippen LogP) is 4.62. The van der Waals surface area contributed by atoms with Gasteiger partial charge in [-0.25, -0.2) is 0 Å². The van der Waals surface area contributed by atoms with Crippen molar-refractivity contribution in [2.24, 2.45) is 11.8 Å². The van der Waals surface area contributed by atoms with E-state index < -0.39 is 0 Å². The quantitative estimate of drug-likeness (QED) is 0.472. The predicted molar refractivity (Wildman–Crippen MR) is 147 cm³/mol. The van der Waals surface area contributed by atoms with E-state index in [9.17, 15) is 9.59 Å². The van der Waals surface area contributed by atoms with Crippen LogP contribution in [0.2, 0.25) is 0 Å². The van der Waals surface area contributed by atoms with E-state index in [0.717, 1.165) is 78.0 Å². The summed E-state index contributed by atoms with van der Waals surface area (Å²) >= 11 is 0. The van der Waals surface area contributed by atoms with Crippen molar-refractivity contribution in [1.29, 1.82) is 0 Å². The maximum absolute atomic E-state index is 13.0. The summed E-state index contributed by atoms with van der Waals surface area (Å²) in [5.41, 5.74) is 2.62. The Morgan fingerprint density at radius 1 is 0.694 bits per heavy atom. The molecular formula is C30H50N4O2. The summed E-state index contributed by atoms with van der Waals surface area (Å²) in [4.78, 5) is 35.0. The molecular weight excluding hydrogens is 448 g/mol. The highest BCUT2D eigenvalue weighted by Crippen LogP contribution is 2.29. The van der Waals surface area contributed by atoms with Crippen LogP contribution in [0.5, 0.6) is 0 Å². The fourth-order valence-electron chi connectivity index (χ4n) is 6.29. The molecule has 0 aliphatic carbocycles. The molecule has 4 unspecified atom stereocenters. The molecule has 2 fully saturated rings. The molecule has 0 N–H and O–H groups in total. The van der Waals surface area contributed by atoms with Gasteiger partial charge in [-0.2, -0.15) is 0 Å². The van der Waals surface area contributed by atoms with Crippen molar-refractivity contribution in [3.05, 3.63) is 35.4 Å². The van der Waals surface area contributed by atoms with E-state index in [-0.39, 0.29) is 23.9 Å². The van der Waals surface area contributed by atoms with E-state index in [1.165, 1.54) is 11.1 Å². The molecule has 4 atom stereocenters. The number of carbonyl (C=O) groups excluding carboxylic acids is 2. The Hall–Kier alpha value is -1.92. The highest BCUT2D eigenvalue weighted by molar-refractivity contribution is 5.80. The molecule has 6 nitrogen and oxygen atoms in total. The topological polar surface area (TPSA) is 47.1 Å². The van der Waals surface area contributed by atoms with E-state index in [1.54, 1.807) is 0 Å². The molecule has 1 aromatic carbocycles. The first-order valence-corrected chi connectivity index (χ1v) is 14.5. The van der Waals surface area contributed by atoms with Crippen molar-refractivity contribution >= 4 is 11.8 Å². The van der Waals surface area contributed by atoms with Gasteiger partial charge in [0.15, 0.2) is 0 Å². The second kappa shape index (κ2) is 13.6. The first kappa shape index (κ1) is 28.6. The van der Waals surface area contributed by atoms with Crippen molar-refractivity contribution in [2.45, 2.75) is 92.4 Å². The minimum atomic E-state index is 0.102. The highest BCUT2D eigenvalue weighted by Gasteiger charge is 2.36. The number of hydrogen-bond acceptors (Lipinski definition) is 4. The molecule has 2 aliphatic rings. The zero-order chi connectivity index (χ0) is 26.2. The van der Waals surface area contributed by atoms with Crippen LogP contribution in [0.1, 0.15) is 78.4 Å². The Balaban J connectivity index is 1.59. The van der Waals surface area contributed by atoms with Crippen molar-refractivity contribution in [2.75, 3.05) is 39.3 Å². The van der Waals surface area contributed by atoms with Crippen molar-refractivity contribution in [3.63, 3.8) is 0 Å². The Morgan fingerprint density at radius 2 is 1.03 bits per heavy atom. The number of hydrogen-bond donors (Lipinski definition) is 0. The van der Waals surface area contributed by atoms with Crippen LogP contribution in [0.25, 0.3) is 0 Å². The lowest BCUT2D eigenvalue weighted by Crippen LogP contribution is -2.50. The lowest BCUT2D eigenvalue weighted by Gasteiger charge is -2.40. The largest absolute Gasteiger partial charge is 0.343 e. The molecule has 2 aliphatic heterocycles. The number of piperidine rings is 2. The van der Waals surface area contributed by atoms with Crippen LogP contribution >= 0.6 is 0 Å². The van der Waals surface area contributed by atoms with Gasteiger partial charge in [0, 0.05) is 51.4 Å². The van der Waals surface area contributed by atoms with Crippen LogP contribution in [0.4, 0.5) is 0 Å². The third kappa shape index (κ3) is 6.69. The molecule has 0 saturated carbocycles. The van der Waals surface area contributed by atoms with Gasteiger partial charge in [0.25, 0.3) is 0 Å². The van der Waals surface area contributed by atoms with Gasteiger partial charge in [0.2, 0.25) is 11.8 Å². The van der Waals surface area contributed by atoms with Gasteiger partial charge in [-0.3, -0.25) is 19.4 Å². The van der Waals surface area contributed by atoms with Crippen molar-refractivity contribution < 1.29 is 9.59 Å². The normalized spacial score (nSPS) is 25.5. The van der Waals surface area contributed by atoms with Crippen LogP contribution in [-0.2, 0) is 22.7 Å². The molecule has 6 heteroatoms. The second-order valence-corrected chi connectivity index (χ2v) is 10.8. The fourth-order valence-corrected chi connectivity index (χ4v) is 6.29. The van der Waals surface area contributed by atoms with Gasteiger partial charge in [-0.15, -0.1) is 0 Å². The second-order valence-electron chi connectivity index (χ2n) is 10.8. The van der Waals surface area contributed by atoms with Gasteiger partial charge >= 0.3 is 0 Å². The van der Waals surface area contributed by atoms with Gasteiger partial charge in [0.1, 0.15) is 0 Å². The molecule has 0 radical (unpaired) electrons. The molecule has 2 heterocycles. The zero-order valence-corrected chi connectivity index (χ0v) is 23.7. The van der Waals surface area contributed by atoms with E-state index in [1.807, 2.05) is 9.80 Å². The SMILES string of the molecule is CCN(CC)C(=O)C1CCCN(Cc2ccc(CN3CCCC(C(=O)N(CC)CC)C3C)cc2)C1C. The average Bonchev–Trinajstić information content (AvgIpc) is 2.89. The third-order valence-corrected chi connectivity index (χ3v) is 8.82. The third-order valence-electron chi connectivity index (χ3n) is 8.82. The Morgan fingerprint density at radius 3 is 1.33 bits per heavy atom. The highest BCUT2D eigenvalue weighted by atomic mass is 16.2. The fraction of sp³-hybridized carbons (Fsp3) is 0.733. The zero-order valence-electron chi connectivity index (χ0n) is 23.7. The number of benzene rings is 1. The summed E-state index contributed by atoms with van der Waals surface area (Å²) in [6, 6.07) is 9.55. The molecule has 1 aromatic rings. The van der Waals surface area contributed by atoms with Gasteiger partial charge < -0.3 is 9.80 Å². The number of carbonyl (C=O) groups is 2. The monoisotopic (exact) mass is 498 g/mol. The van der Waals surface area contributed by atoms with Crippen molar-refractivity contribution in [3.8, 4) is 0 Å². The lowest BCUT2D eigenvalue weighted by atomic mass is 9.88. The molecule has 202 valence electrons. The maximum atomic E-state index is 13.0. The number of nitrogens with zero attached hydrogens (tertiary/aromatic N) is 4. The summed E-state index contributed by atoms with van der Waals surface area (Å²) in [7, 11) is 0. The summed E-state index contributed by atoms with van der Waals surface area (Å²) in [5.74, 6) is 0.845. The smallest absolute Gasteiger partial charge is 0.227 e. The molecule has 0 spiro atoms. The molecule has 2 saturated heterocycles. The Labute approximate surface area is 220 Å². The first-order chi connectivity index (χ1) is 17.3. The van der Waals surface area contributed by atoms with Gasteiger partial charge in [-0.05, 0) is 91.4 Å². The summed E-state index contributed by atoms with van der Waals surface area (Å²) in [6.07, 6.45) is 4.16. The van der Waals surface area contributed by atoms with Crippen LogP contribution < -0.4 is 0 Å². The van der Waals surface area contributed by atoms with E-state index >= 15 is 0 Å². The summed E-state index contributed by atoms with van der Waals surface area (Å²) in [5, 5.41) is 0. The van der Waals surface area contributed by atoms with Crippen LogP contribution in [0.15, 0.2) is 24.3 Å². The number of likely N-dealkylation sites (tertiary alicyclic amines) is 2. The van der Waals surface area contributed by atoms with Gasteiger partial charge in [-0.1, -0.05) is 24.3 Å². The molecule has 36 heavy (non-hydrogen) atoms. The molecule has 2 amide bonds. The lowest BCUT2D eigenvalue weighted by molar-refractivity contribution is -0.139. The van der Waals surface area contributed by atoms with Crippen LogP contribution in [-0.4, -0.2) is 82.8 Å². The average molecular weight is 499 g/mol. The van der Waals surface area contributed by atoms with E-state index in [0.29, 0.717) is 11.8 Å². The minimum absolute atomic E-state index is 0.102. The minimum Gasteiger partial charge on any atom is -0.343 e. The molecule has 0 aromatic heterocycles. The first-order valence-electron chi connectivity index (χ1n) is 14.5. The summed E-state index contributed by atoms with van der Waals surface area (Å²) < 4.78 is 0. The number of rotatable bonds is 10. The van der Waals surface area contributed by atoms with Crippen molar-refractivity contribution in [1.82, 2.24) is 19.6 Å². The van der Waals surface area contributed by atoms with Crippen LogP contribution in [0, 0.1) is 11.8 Å². The molecule has 0 bridgehead atoms. The summed E-state index contributed by atoms with van der Waals surface area (Å²) in [6.45, 7) is 19.8. The Bertz CT molecular complexity index is 765. The van der Waals surface area contributed by atoms with E-state index in [2.05, 4.69) is 75.6 Å². The molecule has 3 rings (SSSR count). The Kier molecular flexibility index (Phi) is 10.8. The maximum Gasteiger partial charge on any atom is 0.227 e.